The summed E-state index contributed by atoms with van der Waals surface area (Å²) in [5.74, 6) is 0. The van der Waals surface area contributed by atoms with Crippen LogP contribution in [-0.4, -0.2) is 44.1 Å². The fourth-order valence-corrected chi connectivity index (χ4v) is 0.515. The molecule has 0 rings (SSSR count). The molecule has 0 aliphatic heterocycles. The van der Waals surface area contributed by atoms with Gasteiger partial charge in [-0.15, -0.1) is 0 Å². The fourth-order valence-electron chi connectivity index (χ4n) is 0.229. The average Bonchev–Trinajstić information content (AvgIpc) is 1.82. The molecule has 0 aliphatic carbocycles. The van der Waals surface area contributed by atoms with Gasteiger partial charge in [-0.1, -0.05) is 0 Å². The second-order valence-corrected chi connectivity index (χ2v) is 2.29. The van der Waals surface area contributed by atoms with Crippen molar-refractivity contribution in [3.05, 3.63) is 0 Å². The van der Waals surface area contributed by atoms with Gasteiger partial charge in [0.25, 0.3) is 0 Å². The van der Waals surface area contributed by atoms with Gasteiger partial charge >= 0.3 is 8.60 Å². The lowest BCUT2D eigenvalue weighted by Crippen LogP contribution is -2.29. The van der Waals surface area contributed by atoms with Crippen molar-refractivity contribution in [1.82, 2.24) is 0 Å². The lowest BCUT2D eigenvalue weighted by atomic mass is 10.4. The molecule has 6 nitrogen and oxygen atoms in total. The van der Waals surface area contributed by atoms with Gasteiger partial charge in [0, 0.05) is 0 Å². The third-order valence-electron chi connectivity index (χ3n) is 0.705. The molecule has 0 amide bonds. The smallest absolute Gasteiger partial charge is 0.327 e. The first-order valence-corrected chi connectivity index (χ1v) is 3.55. The molecule has 62 valence electrons. The van der Waals surface area contributed by atoms with Crippen molar-refractivity contribution < 1.29 is 29.6 Å². The zero-order valence-corrected chi connectivity index (χ0v) is 5.85. The van der Waals surface area contributed by atoms with Crippen molar-refractivity contribution in [1.29, 1.82) is 0 Å². The summed E-state index contributed by atoms with van der Waals surface area (Å²) in [7, 11) is -2.54. The van der Waals surface area contributed by atoms with Crippen LogP contribution < -0.4 is 0 Å². The number of rotatable bonds is 4. The van der Waals surface area contributed by atoms with E-state index >= 15 is 0 Å². The minimum atomic E-state index is -2.54. The highest BCUT2D eigenvalue weighted by Crippen LogP contribution is 2.24. The molecule has 0 spiro atoms. The third kappa shape index (κ3) is 5.01. The number of hydrogen-bond donors (Lipinski definition) is 5. The van der Waals surface area contributed by atoms with Crippen LogP contribution in [0.5, 0.6) is 0 Å². The molecule has 7 heteroatoms. The van der Waals surface area contributed by atoms with Crippen LogP contribution >= 0.6 is 8.60 Å². The van der Waals surface area contributed by atoms with Crippen LogP contribution in [0.15, 0.2) is 0 Å². The van der Waals surface area contributed by atoms with E-state index in [1.54, 1.807) is 0 Å². The number of hydrogen-bond acceptors (Lipinski definition) is 6. The van der Waals surface area contributed by atoms with Crippen LogP contribution in [0.3, 0.4) is 0 Å². The van der Waals surface area contributed by atoms with E-state index in [0.717, 1.165) is 0 Å². The van der Waals surface area contributed by atoms with Crippen molar-refractivity contribution in [2.24, 2.45) is 0 Å². The fraction of sp³-hybridized carbons (Fsp3) is 1.00. The first kappa shape index (κ1) is 10.2. The van der Waals surface area contributed by atoms with E-state index in [2.05, 4.69) is 4.52 Å². The first-order valence-electron chi connectivity index (χ1n) is 2.39. The molecule has 0 aromatic carbocycles. The number of aliphatic hydroxyl groups is 3. The van der Waals surface area contributed by atoms with Crippen LogP contribution in [0, 0.1) is 0 Å². The molecule has 10 heavy (non-hydrogen) atoms. The summed E-state index contributed by atoms with van der Waals surface area (Å²) in [4.78, 5) is 16.2. The van der Waals surface area contributed by atoms with Crippen LogP contribution in [0.4, 0.5) is 0 Å². The van der Waals surface area contributed by atoms with Crippen molar-refractivity contribution in [3.63, 3.8) is 0 Å². The molecule has 5 N–H and O–H groups in total. The summed E-state index contributed by atoms with van der Waals surface area (Å²) < 4.78 is 4.07. The Bertz CT molecular complexity index is 85.1. The first-order chi connectivity index (χ1) is 4.54. The van der Waals surface area contributed by atoms with E-state index in [1.165, 1.54) is 0 Å². The molecular formula is C3H9O6P. The van der Waals surface area contributed by atoms with E-state index in [1.807, 2.05) is 0 Å². The summed E-state index contributed by atoms with van der Waals surface area (Å²) >= 11 is 0. The molecule has 0 saturated carbocycles. The van der Waals surface area contributed by atoms with Gasteiger partial charge in [0.15, 0.2) is 6.29 Å². The van der Waals surface area contributed by atoms with Crippen molar-refractivity contribution in [2.75, 3.05) is 6.61 Å². The minimum Gasteiger partial charge on any atom is -0.385 e. The average molecular weight is 172 g/mol. The summed E-state index contributed by atoms with van der Waals surface area (Å²) in [5, 5.41) is 24.9. The van der Waals surface area contributed by atoms with Gasteiger partial charge in [0.1, 0.15) is 6.10 Å². The molecular weight excluding hydrogens is 163 g/mol. The zero-order valence-electron chi connectivity index (χ0n) is 4.95. The summed E-state index contributed by atoms with van der Waals surface area (Å²) in [5.41, 5.74) is 0. The summed E-state index contributed by atoms with van der Waals surface area (Å²) in [6.07, 6.45) is -3.43. The summed E-state index contributed by atoms with van der Waals surface area (Å²) in [6, 6.07) is 0. The zero-order chi connectivity index (χ0) is 8.15. The highest BCUT2D eigenvalue weighted by Gasteiger charge is 2.14. The Kier molecular flexibility index (Phi) is 5.02. The lowest BCUT2D eigenvalue weighted by molar-refractivity contribution is -0.132. The van der Waals surface area contributed by atoms with Gasteiger partial charge in [-0.2, -0.15) is 0 Å². The predicted molar refractivity (Wildman–Crippen MR) is 31.5 cm³/mol. The Morgan fingerprint density at radius 2 is 1.70 bits per heavy atom. The number of aliphatic hydroxyl groups excluding tert-OH is 2. The molecule has 0 fully saturated rings. The van der Waals surface area contributed by atoms with E-state index in [0.29, 0.717) is 0 Å². The molecule has 0 heterocycles. The topological polar surface area (TPSA) is 110 Å². The Hall–Kier alpha value is 0.190. The Balaban J connectivity index is 3.30. The van der Waals surface area contributed by atoms with Crippen molar-refractivity contribution in [2.45, 2.75) is 12.4 Å². The minimum absolute atomic E-state index is 0.517. The molecule has 0 aliphatic rings. The molecule has 0 aromatic rings. The highest BCUT2D eigenvalue weighted by atomic mass is 31.2. The monoisotopic (exact) mass is 172 g/mol. The Morgan fingerprint density at radius 1 is 1.20 bits per heavy atom. The van der Waals surface area contributed by atoms with Gasteiger partial charge in [-0.05, 0) is 0 Å². The van der Waals surface area contributed by atoms with Crippen molar-refractivity contribution >= 4 is 8.60 Å². The van der Waals surface area contributed by atoms with E-state index in [-0.39, 0.29) is 0 Å². The molecule has 0 bridgehead atoms. The van der Waals surface area contributed by atoms with Crippen LogP contribution in [0.25, 0.3) is 0 Å². The molecule has 0 aromatic heterocycles. The van der Waals surface area contributed by atoms with Crippen LogP contribution in [0.1, 0.15) is 0 Å². The van der Waals surface area contributed by atoms with Crippen molar-refractivity contribution in [3.8, 4) is 0 Å². The van der Waals surface area contributed by atoms with E-state index < -0.39 is 27.6 Å². The van der Waals surface area contributed by atoms with Gasteiger partial charge < -0.3 is 29.6 Å². The molecule has 0 saturated heterocycles. The quantitative estimate of drug-likeness (QED) is 0.245. The molecule has 1 atom stereocenters. The second kappa shape index (κ2) is 4.92. The Labute approximate surface area is 58.3 Å². The van der Waals surface area contributed by atoms with Crippen LogP contribution in [-0.2, 0) is 4.52 Å². The van der Waals surface area contributed by atoms with E-state index in [9.17, 15) is 0 Å². The largest absolute Gasteiger partial charge is 0.385 e. The maximum atomic E-state index is 8.54. The van der Waals surface area contributed by atoms with Gasteiger partial charge in [-0.3, -0.25) is 0 Å². The second-order valence-electron chi connectivity index (χ2n) is 1.53. The third-order valence-corrected chi connectivity index (χ3v) is 1.08. The Morgan fingerprint density at radius 3 is 2.00 bits per heavy atom. The lowest BCUT2D eigenvalue weighted by Gasteiger charge is -2.11. The van der Waals surface area contributed by atoms with Gasteiger partial charge in [0.05, 0.1) is 6.61 Å². The SMILES string of the molecule is OC(O)C(O)COP(O)O. The summed E-state index contributed by atoms with van der Waals surface area (Å²) in [6.45, 7) is -0.517. The van der Waals surface area contributed by atoms with Gasteiger partial charge in [0.2, 0.25) is 0 Å². The molecule has 0 radical (unpaired) electrons. The maximum Gasteiger partial charge on any atom is 0.327 e. The standard InChI is InChI=1S/C3H9O6P/c4-2(3(5)6)1-9-10(7)8/h2-8H,1H2. The normalized spacial score (nSPS) is 14.7. The predicted octanol–water partition coefficient (Wildman–Crippen LogP) is -2.11. The van der Waals surface area contributed by atoms with E-state index in [4.69, 9.17) is 25.1 Å². The molecule has 1 unspecified atom stereocenters. The van der Waals surface area contributed by atoms with Crippen LogP contribution in [0.2, 0.25) is 0 Å². The maximum absolute atomic E-state index is 8.54. The highest BCUT2D eigenvalue weighted by molar-refractivity contribution is 7.39. The van der Waals surface area contributed by atoms with Gasteiger partial charge in [-0.25, -0.2) is 0 Å².